The van der Waals surface area contributed by atoms with Crippen LogP contribution in [-0.2, 0) is 0 Å². The second-order valence-corrected chi connectivity index (χ2v) is 5.25. The van der Waals surface area contributed by atoms with Crippen molar-refractivity contribution in [3.05, 3.63) is 23.2 Å². The molecule has 0 spiro atoms. The molecule has 0 saturated heterocycles. The highest BCUT2D eigenvalue weighted by Crippen LogP contribution is 2.21. The Morgan fingerprint density at radius 3 is 3.00 bits per heavy atom. The van der Waals surface area contributed by atoms with E-state index in [0.29, 0.717) is 5.92 Å². The Hall–Kier alpha value is -1.10. The molecule has 0 radical (unpaired) electrons. The van der Waals surface area contributed by atoms with Crippen molar-refractivity contribution < 1.29 is 0 Å². The molecule has 4 nitrogen and oxygen atoms in total. The van der Waals surface area contributed by atoms with E-state index in [2.05, 4.69) is 51.7 Å². The van der Waals surface area contributed by atoms with Crippen LogP contribution in [0.5, 0.6) is 0 Å². The Morgan fingerprint density at radius 2 is 2.29 bits per heavy atom. The van der Waals surface area contributed by atoms with Gasteiger partial charge in [0.25, 0.3) is 0 Å². The molecule has 2 rings (SSSR count). The molecule has 2 heterocycles. The first-order valence-corrected chi connectivity index (χ1v) is 6.61. The molecule has 0 amide bonds. The van der Waals surface area contributed by atoms with Gasteiger partial charge in [0, 0.05) is 32.2 Å². The van der Waals surface area contributed by atoms with Crippen LogP contribution >= 0.6 is 15.9 Å². The van der Waals surface area contributed by atoms with Gasteiger partial charge in [-0.2, -0.15) is 0 Å². The maximum atomic E-state index is 4.52. The highest BCUT2D eigenvalue weighted by Gasteiger charge is 2.12. The number of fused-ring (bicyclic) bond motifs is 1. The predicted molar refractivity (Wildman–Crippen MR) is 73.4 cm³/mol. The van der Waals surface area contributed by atoms with Gasteiger partial charge in [0.2, 0.25) is 0 Å². The molecule has 0 aliphatic rings. The van der Waals surface area contributed by atoms with Crippen LogP contribution in [0.3, 0.4) is 0 Å². The van der Waals surface area contributed by atoms with Crippen molar-refractivity contribution >= 4 is 27.4 Å². The Labute approximate surface area is 110 Å². The van der Waals surface area contributed by atoms with Gasteiger partial charge in [-0.05, 0) is 21.8 Å². The van der Waals surface area contributed by atoms with Crippen LogP contribution in [0.25, 0.3) is 5.65 Å². The number of anilines is 1. The lowest BCUT2D eigenvalue weighted by Crippen LogP contribution is -2.25. The van der Waals surface area contributed by atoms with Gasteiger partial charge < -0.3 is 9.30 Å². The van der Waals surface area contributed by atoms with Gasteiger partial charge in [0.05, 0.1) is 0 Å². The number of aromatic nitrogens is 3. The molecule has 0 aliphatic carbocycles. The summed E-state index contributed by atoms with van der Waals surface area (Å²) in [7, 11) is 2.07. The molecule has 5 heteroatoms. The van der Waals surface area contributed by atoms with Crippen LogP contribution in [0.4, 0.5) is 5.82 Å². The molecule has 0 aliphatic heterocycles. The zero-order valence-corrected chi connectivity index (χ0v) is 12.0. The third kappa shape index (κ3) is 2.60. The average molecular weight is 297 g/mol. The summed E-state index contributed by atoms with van der Waals surface area (Å²) < 4.78 is 2.81. The van der Waals surface area contributed by atoms with Gasteiger partial charge in [-0.3, -0.25) is 0 Å². The molecule has 0 aromatic carbocycles. The zero-order chi connectivity index (χ0) is 12.4. The summed E-state index contributed by atoms with van der Waals surface area (Å²) in [6.45, 7) is 5.44. The Kier molecular flexibility index (Phi) is 3.66. The van der Waals surface area contributed by atoms with Crippen LogP contribution in [0.1, 0.15) is 20.3 Å². The fraction of sp³-hybridized carbons (Fsp3) is 0.500. The van der Waals surface area contributed by atoms with Crippen LogP contribution in [-0.4, -0.2) is 28.0 Å². The highest BCUT2D eigenvalue weighted by atomic mass is 79.9. The van der Waals surface area contributed by atoms with E-state index in [1.807, 2.05) is 16.8 Å². The lowest BCUT2D eigenvalue weighted by Gasteiger charge is -2.22. The highest BCUT2D eigenvalue weighted by molar-refractivity contribution is 9.10. The minimum atomic E-state index is 0.649. The van der Waals surface area contributed by atoms with Gasteiger partial charge in [0.15, 0.2) is 11.5 Å². The number of hydrogen-bond donors (Lipinski definition) is 0. The van der Waals surface area contributed by atoms with Gasteiger partial charge >= 0.3 is 0 Å². The van der Waals surface area contributed by atoms with E-state index >= 15 is 0 Å². The molecule has 0 saturated carbocycles. The van der Waals surface area contributed by atoms with Crippen molar-refractivity contribution in [2.75, 3.05) is 18.5 Å². The summed E-state index contributed by atoms with van der Waals surface area (Å²) in [6.07, 6.45) is 6.82. The van der Waals surface area contributed by atoms with Gasteiger partial charge in [0.1, 0.15) is 4.60 Å². The predicted octanol–water partition coefficient (Wildman–Crippen LogP) is 2.97. The van der Waals surface area contributed by atoms with Crippen LogP contribution < -0.4 is 4.90 Å². The number of halogens is 1. The summed E-state index contributed by atoms with van der Waals surface area (Å²) in [5.74, 6) is 1.57. The maximum absolute atomic E-state index is 4.52. The van der Waals surface area contributed by atoms with E-state index < -0.39 is 0 Å². The fourth-order valence-corrected chi connectivity index (χ4v) is 2.21. The van der Waals surface area contributed by atoms with Gasteiger partial charge in [-0.25, -0.2) is 9.97 Å². The third-order valence-corrected chi connectivity index (χ3v) is 3.35. The Bertz CT molecular complexity index is 508. The van der Waals surface area contributed by atoms with Gasteiger partial charge in [-0.1, -0.05) is 20.3 Å². The lowest BCUT2D eigenvalue weighted by molar-refractivity contribution is 0.558. The minimum Gasteiger partial charge on any atom is -0.356 e. The van der Waals surface area contributed by atoms with Gasteiger partial charge in [-0.15, -0.1) is 0 Å². The van der Waals surface area contributed by atoms with E-state index in [0.717, 1.165) is 22.6 Å². The molecule has 2 aromatic rings. The van der Waals surface area contributed by atoms with E-state index in [-0.39, 0.29) is 0 Å². The first-order valence-electron chi connectivity index (χ1n) is 5.82. The summed E-state index contributed by atoms with van der Waals surface area (Å²) in [5.41, 5.74) is 0.902. The molecule has 92 valence electrons. The molecule has 1 unspecified atom stereocenters. The largest absolute Gasteiger partial charge is 0.356 e. The molecular formula is C12H17BrN4. The third-order valence-electron chi connectivity index (χ3n) is 2.97. The van der Waals surface area contributed by atoms with Crippen LogP contribution in [0, 0.1) is 5.92 Å². The molecular weight excluding hydrogens is 280 g/mol. The Morgan fingerprint density at radius 1 is 1.53 bits per heavy atom. The summed E-state index contributed by atoms with van der Waals surface area (Å²) >= 11 is 3.43. The second-order valence-electron chi connectivity index (χ2n) is 4.44. The average Bonchev–Trinajstić information content (AvgIpc) is 2.75. The lowest BCUT2D eigenvalue weighted by atomic mass is 10.1. The first kappa shape index (κ1) is 12.4. The summed E-state index contributed by atoms with van der Waals surface area (Å²) in [5, 5.41) is 0. The van der Waals surface area contributed by atoms with Crippen molar-refractivity contribution in [2.45, 2.75) is 20.3 Å². The molecule has 0 bridgehead atoms. The quantitative estimate of drug-likeness (QED) is 0.870. The maximum Gasteiger partial charge on any atom is 0.180 e. The summed E-state index contributed by atoms with van der Waals surface area (Å²) in [6, 6.07) is 0. The molecule has 17 heavy (non-hydrogen) atoms. The molecule has 2 aromatic heterocycles. The number of nitrogens with zero attached hydrogens (tertiary/aromatic N) is 4. The second kappa shape index (κ2) is 5.04. The van der Waals surface area contributed by atoms with E-state index in [9.17, 15) is 0 Å². The van der Waals surface area contributed by atoms with Crippen molar-refractivity contribution in [3.63, 3.8) is 0 Å². The molecule has 0 N–H and O–H groups in total. The number of hydrogen-bond acceptors (Lipinski definition) is 3. The minimum absolute atomic E-state index is 0.649. The SMILES string of the molecule is CCC(C)CN(C)c1nc(Br)cn2ccnc12. The summed E-state index contributed by atoms with van der Waals surface area (Å²) in [4.78, 5) is 11.0. The first-order chi connectivity index (χ1) is 8.11. The molecule has 0 fully saturated rings. The van der Waals surface area contributed by atoms with Crippen LogP contribution in [0.15, 0.2) is 23.2 Å². The van der Waals surface area contributed by atoms with E-state index in [4.69, 9.17) is 0 Å². The molecule has 1 atom stereocenters. The van der Waals surface area contributed by atoms with E-state index in [1.165, 1.54) is 6.42 Å². The van der Waals surface area contributed by atoms with Crippen molar-refractivity contribution in [2.24, 2.45) is 5.92 Å². The number of imidazole rings is 1. The van der Waals surface area contributed by atoms with Crippen LogP contribution in [0.2, 0.25) is 0 Å². The monoisotopic (exact) mass is 296 g/mol. The zero-order valence-electron chi connectivity index (χ0n) is 10.4. The smallest absolute Gasteiger partial charge is 0.180 e. The fourth-order valence-electron chi connectivity index (χ4n) is 1.82. The van der Waals surface area contributed by atoms with Crippen molar-refractivity contribution in [1.82, 2.24) is 14.4 Å². The Balaban J connectivity index is 2.36. The standard InChI is InChI=1S/C12H17BrN4/c1-4-9(2)7-16(3)12-11-14-5-6-17(11)8-10(13)15-12/h5-6,8-9H,4,7H2,1-3H3. The van der Waals surface area contributed by atoms with E-state index in [1.54, 1.807) is 6.20 Å². The topological polar surface area (TPSA) is 33.4 Å². The number of rotatable bonds is 4. The normalized spacial score (nSPS) is 12.9. The van der Waals surface area contributed by atoms with Crippen molar-refractivity contribution in [3.8, 4) is 0 Å². The van der Waals surface area contributed by atoms with Crippen molar-refractivity contribution in [1.29, 1.82) is 0 Å².